The first kappa shape index (κ1) is 12.5. The second-order valence-corrected chi connectivity index (χ2v) is 4.25. The van der Waals surface area contributed by atoms with Crippen molar-refractivity contribution in [3.05, 3.63) is 0 Å². The third kappa shape index (κ3) is 4.62. The third-order valence-corrected chi connectivity index (χ3v) is 3.02. The van der Waals surface area contributed by atoms with Gasteiger partial charge in [-0.2, -0.15) is 0 Å². The molecule has 4 heteroatoms. The summed E-state index contributed by atoms with van der Waals surface area (Å²) in [6.07, 6.45) is 3.52. The van der Waals surface area contributed by atoms with Crippen LogP contribution in [0.25, 0.3) is 0 Å². The van der Waals surface area contributed by atoms with Gasteiger partial charge in [-0.25, -0.2) is 0 Å². The molecule has 2 atom stereocenters. The Balaban J connectivity index is 2.11. The van der Waals surface area contributed by atoms with Crippen LogP contribution in [0.3, 0.4) is 0 Å². The zero-order valence-corrected chi connectivity index (χ0v) is 9.46. The molecular weight excluding hydrogens is 192 g/mol. The first-order valence-electron chi connectivity index (χ1n) is 5.87. The SMILES string of the molecule is CCC(CO)NC(=O)CCC1CCNC1. The van der Waals surface area contributed by atoms with Crippen LogP contribution < -0.4 is 10.6 Å². The maximum Gasteiger partial charge on any atom is 0.220 e. The van der Waals surface area contributed by atoms with E-state index in [-0.39, 0.29) is 18.6 Å². The standard InChI is InChI=1S/C11H22N2O2/c1-2-10(8-14)13-11(15)4-3-9-5-6-12-7-9/h9-10,12,14H,2-8H2,1H3,(H,13,15). The van der Waals surface area contributed by atoms with E-state index in [2.05, 4.69) is 10.6 Å². The van der Waals surface area contributed by atoms with E-state index >= 15 is 0 Å². The van der Waals surface area contributed by atoms with Crippen molar-refractivity contribution in [3.8, 4) is 0 Å². The van der Waals surface area contributed by atoms with Gasteiger partial charge in [-0.1, -0.05) is 6.92 Å². The largest absolute Gasteiger partial charge is 0.394 e. The summed E-state index contributed by atoms with van der Waals surface area (Å²) in [5.74, 6) is 0.729. The second-order valence-electron chi connectivity index (χ2n) is 4.25. The van der Waals surface area contributed by atoms with E-state index in [1.165, 1.54) is 6.42 Å². The molecule has 1 aliphatic heterocycles. The minimum absolute atomic E-state index is 0.0349. The molecule has 0 spiro atoms. The van der Waals surface area contributed by atoms with Crippen LogP contribution in [0.2, 0.25) is 0 Å². The van der Waals surface area contributed by atoms with Gasteiger partial charge in [0.05, 0.1) is 12.6 Å². The zero-order chi connectivity index (χ0) is 11.1. The number of carbonyl (C=O) groups excluding carboxylic acids is 1. The Morgan fingerprint density at radius 2 is 2.47 bits per heavy atom. The number of amides is 1. The zero-order valence-electron chi connectivity index (χ0n) is 9.46. The van der Waals surface area contributed by atoms with Crippen molar-refractivity contribution in [2.45, 2.75) is 38.6 Å². The van der Waals surface area contributed by atoms with E-state index in [0.29, 0.717) is 12.3 Å². The average Bonchev–Trinajstić information content (AvgIpc) is 2.75. The number of hydrogen-bond acceptors (Lipinski definition) is 3. The summed E-state index contributed by atoms with van der Waals surface area (Å²) in [6, 6.07) is -0.0702. The van der Waals surface area contributed by atoms with Crippen LogP contribution in [0.1, 0.15) is 32.6 Å². The highest BCUT2D eigenvalue weighted by Crippen LogP contribution is 2.13. The number of nitrogens with one attached hydrogen (secondary N) is 2. The Morgan fingerprint density at radius 3 is 3.00 bits per heavy atom. The summed E-state index contributed by atoms with van der Waals surface area (Å²) in [4.78, 5) is 11.5. The molecular formula is C11H22N2O2. The normalized spacial score (nSPS) is 22.7. The molecule has 1 fully saturated rings. The molecule has 0 bridgehead atoms. The lowest BCUT2D eigenvalue weighted by atomic mass is 10.0. The molecule has 88 valence electrons. The predicted molar refractivity (Wildman–Crippen MR) is 59.5 cm³/mol. The van der Waals surface area contributed by atoms with Crippen molar-refractivity contribution in [3.63, 3.8) is 0 Å². The average molecular weight is 214 g/mol. The van der Waals surface area contributed by atoms with Gasteiger partial charge in [-0.05, 0) is 38.3 Å². The van der Waals surface area contributed by atoms with Gasteiger partial charge >= 0.3 is 0 Å². The van der Waals surface area contributed by atoms with Crippen LogP contribution >= 0.6 is 0 Å². The van der Waals surface area contributed by atoms with E-state index in [1.807, 2.05) is 6.92 Å². The van der Waals surface area contributed by atoms with Crippen LogP contribution in [0.5, 0.6) is 0 Å². The summed E-state index contributed by atoms with van der Waals surface area (Å²) in [6.45, 7) is 4.13. The lowest BCUT2D eigenvalue weighted by molar-refractivity contribution is -0.122. The van der Waals surface area contributed by atoms with Gasteiger partial charge in [0.1, 0.15) is 0 Å². The fourth-order valence-electron chi connectivity index (χ4n) is 1.87. The van der Waals surface area contributed by atoms with E-state index in [4.69, 9.17) is 5.11 Å². The van der Waals surface area contributed by atoms with Gasteiger partial charge in [0.25, 0.3) is 0 Å². The minimum Gasteiger partial charge on any atom is -0.394 e. The molecule has 1 aliphatic rings. The first-order chi connectivity index (χ1) is 7.26. The summed E-state index contributed by atoms with van der Waals surface area (Å²) >= 11 is 0. The molecule has 3 N–H and O–H groups in total. The van der Waals surface area contributed by atoms with Gasteiger partial charge in [0.15, 0.2) is 0 Å². The third-order valence-electron chi connectivity index (χ3n) is 3.02. The Kier molecular flexibility index (Phi) is 5.65. The van der Waals surface area contributed by atoms with Gasteiger partial charge in [0.2, 0.25) is 5.91 Å². The second kappa shape index (κ2) is 6.80. The molecule has 2 unspecified atom stereocenters. The van der Waals surface area contributed by atoms with Crippen LogP contribution in [-0.4, -0.2) is 36.8 Å². The van der Waals surface area contributed by atoms with Crippen molar-refractivity contribution < 1.29 is 9.90 Å². The van der Waals surface area contributed by atoms with Crippen LogP contribution in [0.4, 0.5) is 0 Å². The minimum atomic E-state index is -0.0702. The fraction of sp³-hybridized carbons (Fsp3) is 0.909. The summed E-state index contributed by atoms with van der Waals surface area (Å²) in [5, 5.41) is 15.0. The lowest BCUT2D eigenvalue weighted by Gasteiger charge is -2.14. The molecule has 1 amide bonds. The number of carbonyl (C=O) groups is 1. The van der Waals surface area contributed by atoms with Crippen molar-refractivity contribution >= 4 is 5.91 Å². The Bertz CT molecular complexity index is 187. The van der Waals surface area contributed by atoms with Crippen LogP contribution in [0, 0.1) is 5.92 Å². The number of rotatable bonds is 6. The topological polar surface area (TPSA) is 61.4 Å². The Morgan fingerprint density at radius 1 is 1.67 bits per heavy atom. The summed E-state index contributed by atoms with van der Waals surface area (Å²) in [7, 11) is 0. The molecule has 4 nitrogen and oxygen atoms in total. The number of aliphatic hydroxyl groups is 1. The van der Waals surface area contributed by atoms with E-state index in [9.17, 15) is 4.79 Å². The first-order valence-corrected chi connectivity index (χ1v) is 5.87. The van der Waals surface area contributed by atoms with Crippen LogP contribution in [0.15, 0.2) is 0 Å². The summed E-state index contributed by atoms with van der Waals surface area (Å²) in [5.41, 5.74) is 0. The molecule has 1 rings (SSSR count). The predicted octanol–water partition coefficient (Wildman–Crippen LogP) is 0.263. The maximum absolute atomic E-state index is 11.5. The highest BCUT2D eigenvalue weighted by molar-refractivity contribution is 5.76. The molecule has 0 aromatic carbocycles. The van der Waals surface area contributed by atoms with Gasteiger partial charge < -0.3 is 15.7 Å². The Labute approximate surface area is 91.4 Å². The van der Waals surface area contributed by atoms with Gasteiger partial charge in [-0.15, -0.1) is 0 Å². The number of hydrogen-bond donors (Lipinski definition) is 3. The van der Waals surface area contributed by atoms with E-state index in [0.717, 1.165) is 25.9 Å². The molecule has 15 heavy (non-hydrogen) atoms. The van der Waals surface area contributed by atoms with Crippen molar-refractivity contribution in [2.75, 3.05) is 19.7 Å². The number of aliphatic hydroxyl groups excluding tert-OH is 1. The molecule has 1 saturated heterocycles. The van der Waals surface area contributed by atoms with Crippen molar-refractivity contribution in [1.29, 1.82) is 0 Å². The Hall–Kier alpha value is -0.610. The highest BCUT2D eigenvalue weighted by Gasteiger charge is 2.16. The maximum atomic E-state index is 11.5. The van der Waals surface area contributed by atoms with Crippen molar-refractivity contribution in [1.82, 2.24) is 10.6 Å². The molecule has 0 aromatic rings. The molecule has 1 heterocycles. The quantitative estimate of drug-likeness (QED) is 0.594. The molecule has 0 radical (unpaired) electrons. The monoisotopic (exact) mass is 214 g/mol. The molecule has 0 aliphatic carbocycles. The highest BCUT2D eigenvalue weighted by atomic mass is 16.3. The molecule has 0 saturated carbocycles. The summed E-state index contributed by atoms with van der Waals surface area (Å²) < 4.78 is 0. The fourth-order valence-corrected chi connectivity index (χ4v) is 1.87. The van der Waals surface area contributed by atoms with Gasteiger partial charge in [-0.3, -0.25) is 4.79 Å². The lowest BCUT2D eigenvalue weighted by Crippen LogP contribution is -2.37. The van der Waals surface area contributed by atoms with E-state index in [1.54, 1.807) is 0 Å². The van der Waals surface area contributed by atoms with Gasteiger partial charge in [0, 0.05) is 6.42 Å². The van der Waals surface area contributed by atoms with E-state index < -0.39 is 0 Å². The molecule has 0 aromatic heterocycles. The van der Waals surface area contributed by atoms with Crippen molar-refractivity contribution in [2.24, 2.45) is 5.92 Å². The van der Waals surface area contributed by atoms with Crippen LogP contribution in [-0.2, 0) is 4.79 Å². The smallest absolute Gasteiger partial charge is 0.220 e.